The topological polar surface area (TPSA) is 75.6 Å². The molecule has 1 atom stereocenters. The standard InChI is InChI=1S/C29H23ClFNO4/c1-36-29(35)26(15-18-7-9-20(10-8-18)19-5-3-2-4-6-19)32-28(34)23-16-21(12-14-27(23)33)22-11-13-24(30)25(31)17-22/h2-14,16-17,26,33H,15H2,1H3,(H,32,34)/t26-/m0/s1. The lowest BCUT2D eigenvalue weighted by molar-refractivity contribution is -0.142. The molecule has 0 spiro atoms. The third kappa shape index (κ3) is 5.73. The van der Waals surface area contributed by atoms with Gasteiger partial charge in [0.2, 0.25) is 0 Å². The van der Waals surface area contributed by atoms with E-state index in [1.165, 1.54) is 31.4 Å². The Morgan fingerprint density at radius 1 is 0.889 bits per heavy atom. The van der Waals surface area contributed by atoms with E-state index in [1.54, 1.807) is 12.1 Å². The van der Waals surface area contributed by atoms with Crippen LogP contribution in [0.15, 0.2) is 91.0 Å². The van der Waals surface area contributed by atoms with Crippen LogP contribution in [0, 0.1) is 5.82 Å². The van der Waals surface area contributed by atoms with Gasteiger partial charge in [0.25, 0.3) is 5.91 Å². The molecule has 0 heterocycles. The summed E-state index contributed by atoms with van der Waals surface area (Å²) in [5.41, 5.74) is 3.83. The number of methoxy groups -OCH3 is 1. The minimum atomic E-state index is -0.985. The minimum Gasteiger partial charge on any atom is -0.507 e. The van der Waals surface area contributed by atoms with Gasteiger partial charge in [0.15, 0.2) is 0 Å². The molecule has 0 aromatic heterocycles. The number of halogens is 2. The Hall–Kier alpha value is -4.16. The fourth-order valence-corrected chi connectivity index (χ4v) is 3.96. The molecular formula is C29H23ClFNO4. The first-order chi connectivity index (χ1) is 17.4. The monoisotopic (exact) mass is 503 g/mol. The number of carbonyl (C=O) groups is 2. The predicted molar refractivity (Wildman–Crippen MR) is 137 cm³/mol. The molecule has 0 aliphatic rings. The maximum Gasteiger partial charge on any atom is 0.328 e. The van der Waals surface area contributed by atoms with E-state index in [1.807, 2.05) is 54.6 Å². The van der Waals surface area contributed by atoms with Crippen molar-refractivity contribution in [2.75, 3.05) is 7.11 Å². The average molecular weight is 504 g/mol. The largest absolute Gasteiger partial charge is 0.507 e. The number of hydrogen-bond donors (Lipinski definition) is 2. The number of phenolic OH excluding ortho intramolecular Hbond substituents is 1. The van der Waals surface area contributed by atoms with Crippen LogP contribution >= 0.6 is 11.6 Å². The molecule has 5 nitrogen and oxygen atoms in total. The summed E-state index contributed by atoms with van der Waals surface area (Å²) in [6.07, 6.45) is 0.191. The highest BCUT2D eigenvalue weighted by molar-refractivity contribution is 6.30. The third-order valence-electron chi connectivity index (χ3n) is 5.79. The molecule has 4 aromatic rings. The lowest BCUT2D eigenvalue weighted by Gasteiger charge is -2.18. The number of benzene rings is 4. The van der Waals surface area contributed by atoms with Crippen molar-refractivity contribution in [2.24, 2.45) is 0 Å². The molecule has 0 unspecified atom stereocenters. The first kappa shape index (κ1) is 24.9. The number of nitrogens with one attached hydrogen (secondary N) is 1. The Morgan fingerprint density at radius 3 is 2.17 bits per heavy atom. The lowest BCUT2D eigenvalue weighted by atomic mass is 9.99. The molecule has 0 aliphatic heterocycles. The van der Waals surface area contributed by atoms with Crippen molar-refractivity contribution in [1.82, 2.24) is 5.32 Å². The number of rotatable bonds is 7. The SMILES string of the molecule is COC(=O)[C@H](Cc1ccc(-c2ccccc2)cc1)NC(=O)c1cc(-c2ccc(Cl)c(F)c2)ccc1O. The maximum atomic E-state index is 13.9. The predicted octanol–water partition coefficient (Wildman–Crippen LogP) is 6.03. The molecule has 1 amide bonds. The average Bonchev–Trinajstić information content (AvgIpc) is 2.90. The van der Waals surface area contributed by atoms with Crippen molar-refractivity contribution in [2.45, 2.75) is 12.5 Å². The van der Waals surface area contributed by atoms with Gasteiger partial charge in [-0.2, -0.15) is 0 Å². The Morgan fingerprint density at radius 2 is 1.50 bits per heavy atom. The normalized spacial score (nSPS) is 11.5. The van der Waals surface area contributed by atoms with Crippen LogP contribution in [-0.2, 0) is 16.0 Å². The Kier molecular flexibility index (Phi) is 7.66. The highest BCUT2D eigenvalue weighted by Gasteiger charge is 2.24. The molecular weight excluding hydrogens is 481 g/mol. The number of ether oxygens (including phenoxy) is 1. The van der Waals surface area contributed by atoms with E-state index < -0.39 is 23.7 Å². The molecule has 0 fully saturated rings. The smallest absolute Gasteiger partial charge is 0.328 e. The first-order valence-electron chi connectivity index (χ1n) is 11.2. The Balaban J connectivity index is 1.54. The van der Waals surface area contributed by atoms with E-state index in [9.17, 15) is 19.1 Å². The lowest BCUT2D eigenvalue weighted by Crippen LogP contribution is -2.43. The summed E-state index contributed by atoms with van der Waals surface area (Å²) in [5, 5.41) is 12.9. The van der Waals surface area contributed by atoms with Gasteiger partial charge in [0, 0.05) is 6.42 Å². The highest BCUT2D eigenvalue weighted by atomic mass is 35.5. The number of hydrogen-bond acceptors (Lipinski definition) is 4. The van der Waals surface area contributed by atoms with Crippen molar-refractivity contribution < 1.29 is 23.8 Å². The van der Waals surface area contributed by atoms with Crippen LogP contribution in [0.1, 0.15) is 15.9 Å². The van der Waals surface area contributed by atoms with E-state index in [4.69, 9.17) is 16.3 Å². The van der Waals surface area contributed by atoms with Gasteiger partial charge >= 0.3 is 5.97 Å². The van der Waals surface area contributed by atoms with Crippen molar-refractivity contribution in [3.8, 4) is 28.0 Å². The molecule has 182 valence electrons. The minimum absolute atomic E-state index is 0.0202. The molecule has 0 bridgehead atoms. The summed E-state index contributed by atoms with van der Waals surface area (Å²) in [4.78, 5) is 25.5. The molecule has 2 N–H and O–H groups in total. The number of carbonyl (C=O) groups excluding carboxylic acids is 2. The van der Waals surface area contributed by atoms with E-state index in [-0.39, 0.29) is 22.8 Å². The molecule has 7 heteroatoms. The van der Waals surface area contributed by atoms with E-state index in [0.29, 0.717) is 11.1 Å². The van der Waals surface area contributed by atoms with E-state index >= 15 is 0 Å². The number of amides is 1. The summed E-state index contributed by atoms with van der Waals surface area (Å²) in [6, 6.07) is 25.1. The van der Waals surface area contributed by atoms with Gasteiger partial charge < -0.3 is 15.2 Å². The van der Waals surface area contributed by atoms with Crippen LogP contribution in [-0.4, -0.2) is 30.1 Å². The second kappa shape index (κ2) is 11.1. The molecule has 0 saturated heterocycles. The zero-order valence-corrected chi connectivity index (χ0v) is 20.1. The summed E-state index contributed by atoms with van der Waals surface area (Å²) in [6.45, 7) is 0. The second-order valence-corrected chi connectivity index (χ2v) is 8.58. The summed E-state index contributed by atoms with van der Waals surface area (Å²) in [7, 11) is 1.24. The van der Waals surface area contributed by atoms with Gasteiger partial charge in [-0.1, -0.05) is 78.3 Å². The van der Waals surface area contributed by atoms with Crippen LogP contribution in [0.2, 0.25) is 5.02 Å². The quantitative estimate of drug-likeness (QED) is 0.302. The van der Waals surface area contributed by atoms with Crippen LogP contribution in [0.4, 0.5) is 4.39 Å². The molecule has 0 aliphatic carbocycles. The van der Waals surface area contributed by atoms with Crippen molar-refractivity contribution in [1.29, 1.82) is 0 Å². The van der Waals surface area contributed by atoms with E-state index in [0.717, 1.165) is 16.7 Å². The van der Waals surface area contributed by atoms with Crippen LogP contribution in [0.25, 0.3) is 22.3 Å². The van der Waals surface area contributed by atoms with Crippen LogP contribution in [0.3, 0.4) is 0 Å². The van der Waals surface area contributed by atoms with Crippen molar-refractivity contribution >= 4 is 23.5 Å². The summed E-state index contributed by atoms with van der Waals surface area (Å²) >= 11 is 5.76. The Labute approximate surface area is 213 Å². The van der Waals surface area contributed by atoms with Gasteiger partial charge in [-0.15, -0.1) is 0 Å². The first-order valence-corrected chi connectivity index (χ1v) is 11.5. The molecule has 36 heavy (non-hydrogen) atoms. The summed E-state index contributed by atoms with van der Waals surface area (Å²) in [5.74, 6) is -2.16. The second-order valence-electron chi connectivity index (χ2n) is 8.18. The van der Waals surface area contributed by atoms with Crippen LogP contribution in [0.5, 0.6) is 5.75 Å². The van der Waals surface area contributed by atoms with Crippen LogP contribution < -0.4 is 5.32 Å². The van der Waals surface area contributed by atoms with Gasteiger partial charge in [0.05, 0.1) is 17.7 Å². The van der Waals surface area contributed by atoms with Gasteiger partial charge in [0.1, 0.15) is 17.6 Å². The summed E-state index contributed by atoms with van der Waals surface area (Å²) < 4.78 is 18.8. The zero-order valence-electron chi connectivity index (χ0n) is 19.4. The maximum absolute atomic E-state index is 13.9. The Bertz CT molecular complexity index is 1390. The van der Waals surface area contributed by atoms with Gasteiger partial charge in [-0.25, -0.2) is 9.18 Å². The molecule has 0 radical (unpaired) electrons. The van der Waals surface area contributed by atoms with E-state index in [2.05, 4.69) is 5.32 Å². The molecule has 4 aromatic carbocycles. The number of phenols is 1. The number of aromatic hydroxyl groups is 1. The fourth-order valence-electron chi connectivity index (χ4n) is 3.84. The van der Waals surface area contributed by atoms with Gasteiger partial charge in [-0.05, 0) is 52.1 Å². The zero-order chi connectivity index (χ0) is 25.7. The third-order valence-corrected chi connectivity index (χ3v) is 6.09. The fraction of sp³-hybridized carbons (Fsp3) is 0.103. The molecule has 0 saturated carbocycles. The molecule has 4 rings (SSSR count). The van der Waals surface area contributed by atoms with Crippen molar-refractivity contribution in [3.63, 3.8) is 0 Å². The number of esters is 1. The highest BCUT2D eigenvalue weighted by Crippen LogP contribution is 2.28. The van der Waals surface area contributed by atoms with Gasteiger partial charge in [-0.3, -0.25) is 4.79 Å². The van der Waals surface area contributed by atoms with Crippen molar-refractivity contribution in [3.05, 3.63) is 113 Å².